The largest absolute Gasteiger partial charge is 0.494 e. The van der Waals surface area contributed by atoms with Gasteiger partial charge in [0.05, 0.1) is 12.3 Å². The fourth-order valence-corrected chi connectivity index (χ4v) is 5.36. The Bertz CT molecular complexity index is 1040. The van der Waals surface area contributed by atoms with E-state index in [1.54, 1.807) is 6.07 Å². The quantitative estimate of drug-likeness (QED) is 0.382. The first-order valence-corrected chi connectivity index (χ1v) is 13.0. The highest BCUT2D eigenvalue weighted by atomic mass is 19.1. The highest BCUT2D eigenvalue weighted by Gasteiger charge is 2.25. The van der Waals surface area contributed by atoms with Crippen LogP contribution < -0.4 is 4.74 Å². The Labute approximate surface area is 201 Å². The van der Waals surface area contributed by atoms with E-state index < -0.39 is 0 Å². The van der Waals surface area contributed by atoms with E-state index in [1.165, 1.54) is 56.6 Å². The number of hydrogen-bond acceptors (Lipinski definition) is 5. The molecule has 182 valence electrons. The zero-order valence-corrected chi connectivity index (χ0v) is 20.1. The second-order valence-corrected chi connectivity index (χ2v) is 9.82. The SMILES string of the molecule is Fc1ccc2c(C3CCN(CCCOc4ccc(CCN5CCCCC5)cc4)CC3)noc2c1. The molecule has 2 aliphatic heterocycles. The Hall–Kier alpha value is -2.44. The van der Waals surface area contributed by atoms with Crippen molar-refractivity contribution in [2.24, 2.45) is 0 Å². The highest BCUT2D eigenvalue weighted by molar-refractivity contribution is 5.79. The van der Waals surface area contributed by atoms with E-state index in [0.29, 0.717) is 11.5 Å². The Morgan fingerprint density at radius 2 is 1.68 bits per heavy atom. The van der Waals surface area contributed by atoms with E-state index in [2.05, 4.69) is 39.2 Å². The molecule has 0 spiro atoms. The lowest BCUT2D eigenvalue weighted by Crippen LogP contribution is -2.34. The summed E-state index contributed by atoms with van der Waals surface area (Å²) >= 11 is 0. The van der Waals surface area contributed by atoms with Gasteiger partial charge in [0.25, 0.3) is 0 Å². The predicted molar refractivity (Wildman–Crippen MR) is 133 cm³/mol. The minimum Gasteiger partial charge on any atom is -0.494 e. The number of fused-ring (bicyclic) bond motifs is 1. The number of hydrogen-bond donors (Lipinski definition) is 0. The third-order valence-electron chi connectivity index (χ3n) is 7.41. The molecule has 5 rings (SSSR count). The molecule has 2 aliphatic rings. The molecule has 0 N–H and O–H groups in total. The van der Waals surface area contributed by atoms with Crippen LogP contribution in [0.3, 0.4) is 0 Å². The summed E-state index contributed by atoms with van der Waals surface area (Å²) in [6.45, 7) is 7.58. The molecule has 0 unspecified atom stereocenters. The molecule has 0 atom stereocenters. The Morgan fingerprint density at radius 1 is 0.912 bits per heavy atom. The van der Waals surface area contributed by atoms with Crippen LogP contribution in [0.2, 0.25) is 0 Å². The van der Waals surface area contributed by atoms with Crippen LogP contribution in [0, 0.1) is 5.82 Å². The van der Waals surface area contributed by atoms with Crippen LogP contribution in [0.1, 0.15) is 55.7 Å². The molecular weight excluding hydrogens is 429 g/mol. The van der Waals surface area contributed by atoms with Crippen molar-refractivity contribution in [3.8, 4) is 5.75 Å². The van der Waals surface area contributed by atoms with Crippen LogP contribution in [0.25, 0.3) is 11.0 Å². The number of piperidine rings is 2. The van der Waals surface area contributed by atoms with E-state index in [-0.39, 0.29) is 5.82 Å². The smallest absolute Gasteiger partial charge is 0.170 e. The van der Waals surface area contributed by atoms with Crippen LogP contribution >= 0.6 is 0 Å². The maximum atomic E-state index is 13.4. The van der Waals surface area contributed by atoms with Crippen LogP contribution in [0.15, 0.2) is 47.0 Å². The van der Waals surface area contributed by atoms with Crippen molar-refractivity contribution in [1.82, 2.24) is 15.0 Å². The first-order chi connectivity index (χ1) is 16.7. The summed E-state index contributed by atoms with van der Waals surface area (Å²) < 4.78 is 24.8. The van der Waals surface area contributed by atoms with Crippen LogP contribution in [0.5, 0.6) is 5.75 Å². The van der Waals surface area contributed by atoms with Crippen molar-refractivity contribution < 1.29 is 13.7 Å². The van der Waals surface area contributed by atoms with Gasteiger partial charge < -0.3 is 19.1 Å². The standard InChI is InChI=1S/C28H36FN3O2/c29-24-7-10-26-27(21-24)34-30-28(26)23-12-18-32(19-13-23)16-4-20-33-25-8-5-22(6-9-25)11-17-31-14-2-1-3-15-31/h5-10,21,23H,1-4,11-20H2. The summed E-state index contributed by atoms with van der Waals surface area (Å²) in [5, 5.41) is 5.20. The molecule has 0 radical (unpaired) electrons. The highest BCUT2D eigenvalue weighted by Crippen LogP contribution is 2.32. The van der Waals surface area contributed by atoms with E-state index in [1.807, 2.05) is 0 Å². The number of nitrogens with zero attached hydrogens (tertiary/aromatic N) is 3. The van der Waals surface area contributed by atoms with E-state index >= 15 is 0 Å². The Kier molecular flexibility index (Phi) is 7.76. The summed E-state index contributed by atoms with van der Waals surface area (Å²) in [6.07, 6.45) is 8.35. The fourth-order valence-electron chi connectivity index (χ4n) is 5.36. The molecule has 0 aliphatic carbocycles. The van der Waals surface area contributed by atoms with Gasteiger partial charge in [0.1, 0.15) is 11.6 Å². The molecule has 2 aromatic carbocycles. The first-order valence-electron chi connectivity index (χ1n) is 13.0. The van der Waals surface area contributed by atoms with Gasteiger partial charge in [-0.15, -0.1) is 0 Å². The van der Waals surface area contributed by atoms with Gasteiger partial charge in [-0.05, 0) is 94.5 Å². The normalized spacial score (nSPS) is 18.5. The van der Waals surface area contributed by atoms with Gasteiger partial charge in [-0.1, -0.05) is 23.7 Å². The lowest BCUT2D eigenvalue weighted by Gasteiger charge is -2.31. The summed E-state index contributed by atoms with van der Waals surface area (Å²) in [5.74, 6) is 1.07. The molecule has 6 heteroatoms. The number of likely N-dealkylation sites (tertiary alicyclic amines) is 2. The summed E-state index contributed by atoms with van der Waals surface area (Å²) in [5.41, 5.74) is 2.92. The topological polar surface area (TPSA) is 41.7 Å². The number of rotatable bonds is 9. The minimum absolute atomic E-state index is 0.281. The molecule has 0 saturated carbocycles. The third kappa shape index (κ3) is 5.97. The fraction of sp³-hybridized carbons (Fsp3) is 0.536. The summed E-state index contributed by atoms with van der Waals surface area (Å²) in [6, 6.07) is 13.4. The lowest BCUT2D eigenvalue weighted by molar-refractivity contribution is 0.191. The zero-order chi connectivity index (χ0) is 23.2. The van der Waals surface area contributed by atoms with Gasteiger partial charge >= 0.3 is 0 Å². The molecular formula is C28H36FN3O2. The van der Waals surface area contributed by atoms with E-state index in [0.717, 1.165) is 68.8 Å². The van der Waals surface area contributed by atoms with Gasteiger partial charge in [-0.2, -0.15) is 0 Å². The van der Waals surface area contributed by atoms with Crippen molar-refractivity contribution >= 4 is 11.0 Å². The second-order valence-electron chi connectivity index (χ2n) is 9.82. The van der Waals surface area contributed by atoms with Crippen molar-refractivity contribution in [2.45, 2.75) is 50.9 Å². The average molecular weight is 466 g/mol. The predicted octanol–water partition coefficient (Wildman–Crippen LogP) is 5.64. The summed E-state index contributed by atoms with van der Waals surface area (Å²) in [7, 11) is 0. The minimum atomic E-state index is -0.281. The molecule has 0 bridgehead atoms. The van der Waals surface area contributed by atoms with Crippen LogP contribution in [-0.4, -0.2) is 60.8 Å². The number of benzene rings is 2. The lowest BCUT2D eigenvalue weighted by atomic mass is 9.91. The summed E-state index contributed by atoms with van der Waals surface area (Å²) in [4.78, 5) is 5.09. The third-order valence-corrected chi connectivity index (χ3v) is 7.41. The van der Waals surface area contributed by atoms with Crippen molar-refractivity contribution in [1.29, 1.82) is 0 Å². The molecule has 2 saturated heterocycles. The van der Waals surface area contributed by atoms with Gasteiger partial charge in [-0.3, -0.25) is 0 Å². The Morgan fingerprint density at radius 3 is 2.47 bits per heavy atom. The van der Waals surface area contributed by atoms with Crippen molar-refractivity contribution in [3.63, 3.8) is 0 Å². The van der Waals surface area contributed by atoms with Crippen molar-refractivity contribution in [3.05, 3.63) is 59.5 Å². The van der Waals surface area contributed by atoms with Gasteiger partial charge in [-0.25, -0.2) is 4.39 Å². The van der Waals surface area contributed by atoms with Crippen LogP contribution in [-0.2, 0) is 6.42 Å². The van der Waals surface area contributed by atoms with Gasteiger partial charge in [0.15, 0.2) is 5.58 Å². The second kappa shape index (κ2) is 11.3. The number of halogens is 1. The van der Waals surface area contributed by atoms with Crippen molar-refractivity contribution in [2.75, 3.05) is 45.9 Å². The van der Waals surface area contributed by atoms with E-state index in [4.69, 9.17) is 9.26 Å². The van der Waals surface area contributed by atoms with Gasteiger partial charge in [0, 0.05) is 30.5 Å². The molecule has 1 aromatic heterocycles. The molecule has 0 amide bonds. The molecule has 5 nitrogen and oxygen atoms in total. The Balaban J connectivity index is 0.994. The van der Waals surface area contributed by atoms with Gasteiger partial charge in [0.2, 0.25) is 0 Å². The number of aromatic nitrogens is 1. The number of ether oxygens (including phenoxy) is 1. The molecule has 3 heterocycles. The first kappa shape index (κ1) is 23.3. The van der Waals surface area contributed by atoms with Crippen LogP contribution in [0.4, 0.5) is 4.39 Å². The average Bonchev–Trinajstić information content (AvgIpc) is 3.30. The monoisotopic (exact) mass is 465 g/mol. The maximum absolute atomic E-state index is 13.4. The van der Waals surface area contributed by atoms with E-state index in [9.17, 15) is 4.39 Å². The molecule has 34 heavy (non-hydrogen) atoms. The maximum Gasteiger partial charge on any atom is 0.170 e. The zero-order valence-electron chi connectivity index (χ0n) is 20.1. The molecule has 2 fully saturated rings. The molecule has 3 aromatic rings.